The lowest BCUT2D eigenvalue weighted by Gasteiger charge is -2.19. The molecule has 2 heterocycles. The summed E-state index contributed by atoms with van der Waals surface area (Å²) in [6.45, 7) is 10.5. The highest BCUT2D eigenvalue weighted by Crippen LogP contribution is 2.35. The van der Waals surface area contributed by atoms with Crippen LogP contribution in [0.3, 0.4) is 0 Å². The summed E-state index contributed by atoms with van der Waals surface area (Å²) in [6, 6.07) is 11.9. The van der Waals surface area contributed by atoms with Crippen LogP contribution in [0.2, 0.25) is 0 Å². The number of aromatic amines is 1. The predicted molar refractivity (Wildman–Crippen MR) is 157 cm³/mol. The zero-order chi connectivity index (χ0) is 28.7. The number of rotatable bonds is 8. The molecule has 2 N–H and O–H groups in total. The summed E-state index contributed by atoms with van der Waals surface area (Å²) in [6.07, 6.45) is 5.08. The van der Waals surface area contributed by atoms with Crippen LogP contribution in [0.5, 0.6) is 5.75 Å². The number of hydrogen-bond donors (Lipinski definition) is 2. The van der Waals surface area contributed by atoms with Crippen LogP contribution in [-0.2, 0) is 15.4 Å². The number of aryl methyl sites for hydroxylation is 1. The largest absolute Gasteiger partial charge is 0.493 e. The van der Waals surface area contributed by atoms with Crippen molar-refractivity contribution in [1.82, 2.24) is 19.6 Å². The average molecular weight is 564 g/mol. The summed E-state index contributed by atoms with van der Waals surface area (Å²) < 4.78 is 36.8. The van der Waals surface area contributed by atoms with Crippen molar-refractivity contribution in [2.45, 2.75) is 83.0 Å². The number of fused-ring (bicyclic) bond motifs is 1. The molecule has 4 aromatic rings. The minimum atomic E-state index is -3.86. The van der Waals surface area contributed by atoms with Gasteiger partial charge in [0.05, 0.1) is 22.8 Å². The molecule has 1 saturated carbocycles. The lowest BCUT2D eigenvalue weighted by molar-refractivity contribution is 0.318. The van der Waals surface area contributed by atoms with E-state index in [2.05, 4.69) is 30.5 Å². The first kappa shape index (κ1) is 27.9. The predicted octanol–water partition coefficient (Wildman–Crippen LogP) is 5.94. The van der Waals surface area contributed by atoms with Gasteiger partial charge in [-0.15, -0.1) is 5.10 Å². The van der Waals surface area contributed by atoms with Crippen LogP contribution >= 0.6 is 0 Å². The lowest BCUT2D eigenvalue weighted by Crippen LogP contribution is -2.17. The number of hydrogen-bond acceptors (Lipinski definition) is 6. The normalized spacial score (nSPS) is 14.6. The van der Waals surface area contributed by atoms with Crippen LogP contribution in [0, 0.1) is 6.92 Å². The molecule has 0 saturated heterocycles. The fourth-order valence-electron chi connectivity index (χ4n) is 5.23. The number of H-pyrrole nitrogens is 1. The maximum Gasteiger partial charge on any atom is 0.277 e. The van der Waals surface area contributed by atoms with Gasteiger partial charge in [0.1, 0.15) is 11.6 Å². The Morgan fingerprint density at radius 1 is 1.10 bits per heavy atom. The summed E-state index contributed by atoms with van der Waals surface area (Å²) in [5.41, 5.74) is 2.55. The molecular formula is C30H37N5O4S. The SMILES string of the molecule is CCCOc1ccc(NS(=O)(=O)c2ccc(C(C)(C)C)cc2)cc1-c1nn2c(C3CCCC3)nc(C)c2c(=O)[nH]1. The first-order valence-electron chi connectivity index (χ1n) is 13.9. The summed E-state index contributed by atoms with van der Waals surface area (Å²) >= 11 is 0. The molecule has 1 aliphatic rings. The molecule has 212 valence electrons. The second-order valence-electron chi connectivity index (χ2n) is 11.5. The summed E-state index contributed by atoms with van der Waals surface area (Å²) in [4.78, 5) is 21.0. The van der Waals surface area contributed by atoms with Gasteiger partial charge in [-0.3, -0.25) is 9.52 Å². The van der Waals surface area contributed by atoms with Gasteiger partial charge in [0.15, 0.2) is 11.3 Å². The van der Waals surface area contributed by atoms with E-state index in [1.165, 1.54) is 0 Å². The van der Waals surface area contributed by atoms with Gasteiger partial charge in [-0.05, 0) is 67.5 Å². The van der Waals surface area contributed by atoms with Crippen molar-refractivity contribution in [3.8, 4) is 17.1 Å². The van der Waals surface area contributed by atoms with E-state index in [0.29, 0.717) is 34.8 Å². The van der Waals surface area contributed by atoms with Crippen molar-refractivity contribution in [1.29, 1.82) is 0 Å². The molecule has 0 spiro atoms. The second-order valence-corrected chi connectivity index (χ2v) is 13.2. The van der Waals surface area contributed by atoms with Crippen molar-refractivity contribution in [3.05, 3.63) is 69.9 Å². The van der Waals surface area contributed by atoms with Gasteiger partial charge in [0.2, 0.25) is 0 Å². The zero-order valence-corrected chi connectivity index (χ0v) is 24.6. The van der Waals surface area contributed by atoms with E-state index in [1.54, 1.807) is 34.8 Å². The molecule has 2 aromatic carbocycles. The minimum Gasteiger partial charge on any atom is -0.493 e. The van der Waals surface area contributed by atoms with Gasteiger partial charge in [-0.25, -0.2) is 17.9 Å². The molecule has 10 heteroatoms. The molecule has 1 fully saturated rings. The Balaban J connectivity index is 1.56. The second kappa shape index (κ2) is 10.7. The first-order valence-corrected chi connectivity index (χ1v) is 15.4. The highest BCUT2D eigenvalue weighted by molar-refractivity contribution is 7.92. The lowest BCUT2D eigenvalue weighted by atomic mass is 9.87. The average Bonchev–Trinajstić information content (AvgIpc) is 3.55. The van der Waals surface area contributed by atoms with E-state index in [1.807, 2.05) is 26.0 Å². The van der Waals surface area contributed by atoms with Crippen molar-refractivity contribution in [2.24, 2.45) is 0 Å². The fraction of sp³-hybridized carbons (Fsp3) is 0.433. The van der Waals surface area contributed by atoms with Crippen molar-refractivity contribution < 1.29 is 13.2 Å². The van der Waals surface area contributed by atoms with E-state index < -0.39 is 10.0 Å². The van der Waals surface area contributed by atoms with E-state index in [9.17, 15) is 13.2 Å². The van der Waals surface area contributed by atoms with Crippen LogP contribution in [-0.4, -0.2) is 34.6 Å². The Kier molecular flexibility index (Phi) is 7.48. The zero-order valence-electron chi connectivity index (χ0n) is 23.7. The molecule has 0 unspecified atom stereocenters. The summed E-state index contributed by atoms with van der Waals surface area (Å²) in [5, 5.41) is 4.81. The number of nitrogens with one attached hydrogen (secondary N) is 2. The van der Waals surface area contributed by atoms with E-state index in [-0.39, 0.29) is 27.6 Å². The molecule has 1 aliphatic carbocycles. The van der Waals surface area contributed by atoms with E-state index in [4.69, 9.17) is 14.8 Å². The molecule has 0 radical (unpaired) electrons. The number of imidazole rings is 1. The smallest absolute Gasteiger partial charge is 0.277 e. The fourth-order valence-corrected chi connectivity index (χ4v) is 6.28. The number of anilines is 1. The Bertz CT molecular complexity index is 1690. The van der Waals surface area contributed by atoms with Gasteiger partial charge in [0, 0.05) is 11.6 Å². The third-order valence-corrected chi connectivity index (χ3v) is 8.80. The molecule has 40 heavy (non-hydrogen) atoms. The van der Waals surface area contributed by atoms with Crippen LogP contribution in [0.1, 0.15) is 82.8 Å². The number of ether oxygens (including phenoxy) is 1. The maximum atomic E-state index is 13.3. The quantitative estimate of drug-likeness (QED) is 0.274. The monoisotopic (exact) mass is 563 g/mol. The molecule has 0 bridgehead atoms. The standard InChI is InChI=1S/C30H37N5O4S/c1-6-17-39-25-16-13-22(34-40(37,38)23-14-11-21(12-15-23)30(3,4)5)18-24(25)27-32-29(36)26-19(2)31-28(35(26)33-27)20-9-7-8-10-20/h11-16,18,20,34H,6-10,17H2,1-5H3,(H,32,33,36). The Labute approximate surface area is 235 Å². The summed E-state index contributed by atoms with van der Waals surface area (Å²) in [7, 11) is -3.86. The maximum absolute atomic E-state index is 13.3. The van der Waals surface area contributed by atoms with E-state index >= 15 is 0 Å². The van der Waals surface area contributed by atoms with Crippen LogP contribution < -0.4 is 15.0 Å². The van der Waals surface area contributed by atoms with Crippen molar-refractivity contribution in [3.63, 3.8) is 0 Å². The van der Waals surface area contributed by atoms with Gasteiger partial charge in [0.25, 0.3) is 15.6 Å². The van der Waals surface area contributed by atoms with Crippen molar-refractivity contribution in [2.75, 3.05) is 11.3 Å². The highest BCUT2D eigenvalue weighted by atomic mass is 32.2. The van der Waals surface area contributed by atoms with Crippen LogP contribution in [0.4, 0.5) is 5.69 Å². The van der Waals surface area contributed by atoms with Gasteiger partial charge in [-0.2, -0.15) is 0 Å². The molecule has 0 aliphatic heterocycles. The molecular weight excluding hydrogens is 526 g/mol. The molecule has 9 nitrogen and oxygen atoms in total. The van der Waals surface area contributed by atoms with Crippen LogP contribution in [0.25, 0.3) is 16.9 Å². The topological polar surface area (TPSA) is 118 Å². The third-order valence-electron chi connectivity index (χ3n) is 7.40. The Hall–Kier alpha value is -3.66. The van der Waals surface area contributed by atoms with Gasteiger partial charge in [-0.1, -0.05) is 52.7 Å². The number of nitrogens with zero attached hydrogens (tertiary/aromatic N) is 3. The first-order chi connectivity index (χ1) is 19.0. The third kappa shape index (κ3) is 5.50. The minimum absolute atomic E-state index is 0.0879. The highest BCUT2D eigenvalue weighted by Gasteiger charge is 2.26. The Morgan fingerprint density at radius 3 is 2.45 bits per heavy atom. The molecule has 2 aromatic heterocycles. The number of benzene rings is 2. The summed E-state index contributed by atoms with van der Waals surface area (Å²) in [5.74, 6) is 1.84. The van der Waals surface area contributed by atoms with Gasteiger partial charge < -0.3 is 9.72 Å². The van der Waals surface area contributed by atoms with E-state index in [0.717, 1.165) is 43.5 Å². The number of sulfonamides is 1. The molecule has 0 amide bonds. The Morgan fingerprint density at radius 2 is 1.80 bits per heavy atom. The van der Waals surface area contributed by atoms with Gasteiger partial charge >= 0.3 is 0 Å². The molecule has 5 rings (SSSR count). The van der Waals surface area contributed by atoms with Crippen LogP contribution in [0.15, 0.2) is 52.2 Å². The molecule has 0 atom stereocenters. The number of aromatic nitrogens is 4. The van der Waals surface area contributed by atoms with Crippen molar-refractivity contribution >= 4 is 21.2 Å².